The Bertz CT molecular complexity index is 945. The van der Waals surface area contributed by atoms with Crippen molar-refractivity contribution in [1.29, 1.82) is 0 Å². The summed E-state index contributed by atoms with van der Waals surface area (Å²) in [6, 6.07) is 36.2. The first-order valence-electron chi connectivity index (χ1n) is 10.2. The van der Waals surface area contributed by atoms with Crippen molar-refractivity contribution in [2.45, 2.75) is 12.8 Å². The third-order valence-corrected chi connectivity index (χ3v) is 5.23. The SMILES string of the molecule is C[O-].C[O-].[CH2]=[Ti+2].[c-]1cccc2c1Cc1ccccc1-2.[c-]1cccc2c1Cc1ccccc1-2. The summed E-state index contributed by atoms with van der Waals surface area (Å²) in [5.74, 6) is 0. The molecule has 32 heavy (non-hydrogen) atoms. The van der Waals surface area contributed by atoms with Gasteiger partial charge in [-0.1, -0.05) is 70.8 Å². The Labute approximate surface area is 203 Å². The molecule has 2 nitrogen and oxygen atoms in total. The van der Waals surface area contributed by atoms with Crippen LogP contribution >= 0.6 is 0 Å². The average molecular weight is 454 g/mol. The molecular formula is C29H26O2Ti-2. The van der Waals surface area contributed by atoms with Crippen molar-refractivity contribution >= 4 is 4.82 Å². The van der Waals surface area contributed by atoms with Gasteiger partial charge in [0.1, 0.15) is 0 Å². The van der Waals surface area contributed by atoms with Crippen molar-refractivity contribution in [2.24, 2.45) is 0 Å². The predicted octanol–water partition coefficient (Wildman–Crippen LogP) is 4.03. The number of fused-ring (bicyclic) bond motifs is 6. The Morgan fingerprint density at radius 3 is 1.31 bits per heavy atom. The summed E-state index contributed by atoms with van der Waals surface area (Å²) < 4.78 is 0. The van der Waals surface area contributed by atoms with Gasteiger partial charge in [0.2, 0.25) is 0 Å². The van der Waals surface area contributed by atoms with Gasteiger partial charge in [0.15, 0.2) is 0 Å². The monoisotopic (exact) mass is 454 g/mol. The van der Waals surface area contributed by atoms with Crippen LogP contribution in [0, 0.1) is 12.1 Å². The van der Waals surface area contributed by atoms with Gasteiger partial charge in [-0.05, 0) is 12.8 Å². The van der Waals surface area contributed by atoms with Crippen LogP contribution in [0.1, 0.15) is 22.3 Å². The Morgan fingerprint density at radius 1 is 0.562 bits per heavy atom. The molecule has 0 aliphatic heterocycles. The van der Waals surface area contributed by atoms with Crippen LogP contribution in [0.3, 0.4) is 0 Å². The van der Waals surface area contributed by atoms with E-state index >= 15 is 0 Å². The van der Waals surface area contributed by atoms with Gasteiger partial charge in [-0.3, -0.25) is 0 Å². The van der Waals surface area contributed by atoms with Gasteiger partial charge in [0, 0.05) is 0 Å². The molecule has 6 rings (SSSR count). The van der Waals surface area contributed by atoms with Gasteiger partial charge < -0.3 is 10.2 Å². The maximum absolute atomic E-state index is 8.25. The Hall–Kier alpha value is -2.62. The Morgan fingerprint density at radius 2 is 0.906 bits per heavy atom. The van der Waals surface area contributed by atoms with E-state index in [9.17, 15) is 0 Å². The molecule has 0 fully saturated rings. The number of hydrogen-bond acceptors (Lipinski definition) is 2. The summed E-state index contributed by atoms with van der Waals surface area (Å²) >= 11 is 1.75. The molecule has 0 atom stereocenters. The summed E-state index contributed by atoms with van der Waals surface area (Å²) in [4.78, 5) is 3.25. The number of rotatable bonds is 0. The van der Waals surface area contributed by atoms with Gasteiger partial charge in [-0.2, -0.15) is 73.9 Å². The van der Waals surface area contributed by atoms with E-state index in [-0.39, 0.29) is 0 Å². The van der Waals surface area contributed by atoms with Crippen LogP contribution in [0.5, 0.6) is 0 Å². The van der Waals surface area contributed by atoms with Crippen molar-refractivity contribution in [3.63, 3.8) is 0 Å². The molecule has 0 heterocycles. The molecule has 2 aliphatic carbocycles. The van der Waals surface area contributed by atoms with Crippen molar-refractivity contribution in [3.8, 4) is 22.3 Å². The van der Waals surface area contributed by atoms with Gasteiger partial charge in [0.25, 0.3) is 0 Å². The van der Waals surface area contributed by atoms with E-state index in [1.165, 1.54) is 44.5 Å². The minimum absolute atomic E-state index is 0.750. The second-order valence-corrected chi connectivity index (χ2v) is 6.79. The van der Waals surface area contributed by atoms with E-state index in [1.54, 1.807) is 20.0 Å². The third kappa shape index (κ3) is 5.79. The van der Waals surface area contributed by atoms with E-state index in [4.69, 9.17) is 10.2 Å². The molecule has 160 valence electrons. The first-order chi connectivity index (χ1) is 15.9. The molecule has 2 aliphatic rings. The molecule has 0 bridgehead atoms. The fourth-order valence-electron chi connectivity index (χ4n) is 4.00. The van der Waals surface area contributed by atoms with Crippen LogP contribution in [-0.2, 0) is 32.8 Å². The van der Waals surface area contributed by atoms with E-state index in [0.29, 0.717) is 0 Å². The number of hydrogen-bond donors (Lipinski definition) is 0. The van der Waals surface area contributed by atoms with Crippen LogP contribution in [0.25, 0.3) is 22.3 Å². The van der Waals surface area contributed by atoms with Crippen LogP contribution in [0.15, 0.2) is 84.9 Å². The first-order valence-corrected chi connectivity index (χ1v) is 11.3. The molecule has 0 amide bonds. The molecule has 0 radical (unpaired) electrons. The summed E-state index contributed by atoms with van der Waals surface area (Å²) in [5, 5.41) is 16.5. The summed E-state index contributed by atoms with van der Waals surface area (Å²) in [5.41, 5.74) is 11.0. The van der Waals surface area contributed by atoms with Crippen molar-refractivity contribution in [1.82, 2.24) is 0 Å². The molecule has 0 spiro atoms. The zero-order chi connectivity index (χ0) is 23.3. The predicted molar refractivity (Wildman–Crippen MR) is 126 cm³/mol. The molecular weight excluding hydrogens is 428 g/mol. The fraction of sp³-hybridized carbons (Fsp3) is 0.138. The normalized spacial score (nSPS) is 10.6. The third-order valence-electron chi connectivity index (χ3n) is 5.23. The maximum atomic E-state index is 8.25. The maximum Gasteiger partial charge on any atom is -0.0253 e. The molecule has 0 unspecified atom stereocenters. The topological polar surface area (TPSA) is 46.1 Å². The van der Waals surface area contributed by atoms with E-state index in [1.807, 2.05) is 12.1 Å². The zero-order valence-electron chi connectivity index (χ0n) is 18.5. The van der Waals surface area contributed by atoms with Crippen LogP contribution in [0.4, 0.5) is 0 Å². The van der Waals surface area contributed by atoms with Crippen LogP contribution < -0.4 is 10.2 Å². The molecule has 0 saturated heterocycles. The van der Waals surface area contributed by atoms with E-state index < -0.39 is 0 Å². The fourth-order valence-corrected chi connectivity index (χ4v) is 4.00. The molecule has 4 aromatic carbocycles. The second kappa shape index (κ2) is 13.7. The summed E-state index contributed by atoms with van der Waals surface area (Å²) in [7, 11) is 1.50. The van der Waals surface area contributed by atoms with Crippen LogP contribution in [-0.4, -0.2) is 19.0 Å². The van der Waals surface area contributed by atoms with Crippen LogP contribution in [0.2, 0.25) is 0 Å². The van der Waals surface area contributed by atoms with E-state index in [2.05, 4.69) is 89.7 Å². The first kappa shape index (κ1) is 25.6. The van der Waals surface area contributed by atoms with E-state index in [0.717, 1.165) is 27.1 Å². The van der Waals surface area contributed by atoms with Gasteiger partial charge in [-0.25, -0.2) is 0 Å². The molecule has 0 N–H and O–H groups in total. The molecule has 4 aromatic rings. The minimum atomic E-state index is 0.750. The molecule has 0 aromatic heterocycles. The van der Waals surface area contributed by atoms with Crippen molar-refractivity contribution in [3.05, 3.63) is 119 Å². The minimum Gasteiger partial charge on any atom is -0.179 e. The Balaban J connectivity index is 0.000000185. The summed E-state index contributed by atoms with van der Waals surface area (Å²) in [6.45, 7) is 0. The summed E-state index contributed by atoms with van der Waals surface area (Å²) in [6.07, 6.45) is 2.10. The average Bonchev–Trinajstić information content (AvgIpc) is 3.46. The van der Waals surface area contributed by atoms with Gasteiger partial charge in [-0.15, -0.1) is 11.1 Å². The zero-order valence-corrected chi connectivity index (χ0v) is 20.1. The van der Waals surface area contributed by atoms with Crippen molar-refractivity contribution in [2.75, 3.05) is 14.2 Å². The van der Waals surface area contributed by atoms with Gasteiger partial charge in [0.05, 0.1) is 0 Å². The number of benzene rings is 4. The molecule has 3 heteroatoms. The largest absolute Gasteiger partial charge is 0.179 e. The van der Waals surface area contributed by atoms with Gasteiger partial charge >= 0.3 is 24.8 Å². The molecule has 0 saturated carbocycles. The second-order valence-electron chi connectivity index (χ2n) is 6.79. The quantitative estimate of drug-likeness (QED) is 0.257. The Kier molecular flexibility index (Phi) is 11.0. The smallest absolute Gasteiger partial charge is 0.0253 e. The van der Waals surface area contributed by atoms with Crippen molar-refractivity contribution < 1.29 is 30.2 Å². The standard InChI is InChI=1S/2C13H9.2CH3O.CH2.Ti/c2*1-3-7-12-10(5-1)9-11-6-2-4-8-13(11)12;2*1-2;;/h2*1-5,7-8H,9H2;2*1H3;1H2;/q4*-1;;+2.